The van der Waals surface area contributed by atoms with Gasteiger partial charge in [0.1, 0.15) is 11.5 Å². The number of rotatable bonds is 7. The van der Waals surface area contributed by atoms with Crippen molar-refractivity contribution >= 4 is 63.8 Å². The fraction of sp³-hybridized carbons (Fsp3) is 0.250. The second-order valence-corrected chi connectivity index (χ2v) is 7.99. The highest BCUT2D eigenvalue weighted by Gasteiger charge is 2.30. The van der Waals surface area contributed by atoms with E-state index in [2.05, 4.69) is 10.4 Å². The van der Waals surface area contributed by atoms with Gasteiger partial charge < -0.3 is 10.1 Å². The summed E-state index contributed by atoms with van der Waals surface area (Å²) in [7, 11) is 0. The molecule has 168 valence electrons. The van der Waals surface area contributed by atoms with Crippen LogP contribution >= 0.6 is 34.8 Å². The van der Waals surface area contributed by atoms with Gasteiger partial charge in [0.15, 0.2) is 5.75 Å². The Morgan fingerprint density at radius 2 is 1.94 bits per heavy atom. The summed E-state index contributed by atoms with van der Waals surface area (Å²) in [6.45, 7) is 2.30. The lowest BCUT2D eigenvalue weighted by Crippen LogP contribution is -2.29. The highest BCUT2D eigenvalue weighted by Crippen LogP contribution is 2.38. The highest BCUT2D eigenvalue weighted by molar-refractivity contribution is 6.42. The number of anilines is 1. The summed E-state index contributed by atoms with van der Waals surface area (Å²) in [5, 5.41) is 19.4. The average Bonchev–Trinajstić information content (AvgIpc) is 3.07. The van der Waals surface area contributed by atoms with Gasteiger partial charge in [-0.15, -0.1) is 0 Å². The molecule has 0 bridgehead atoms. The number of carbonyl (C=O) groups is 2. The first-order chi connectivity index (χ1) is 15.2. The van der Waals surface area contributed by atoms with Crippen molar-refractivity contribution in [3.63, 3.8) is 0 Å². The molecule has 2 aromatic rings. The number of amidine groups is 1. The Kier molecular flexibility index (Phi) is 7.55. The molecule has 0 aromatic heterocycles. The standard InChI is InChI=1S/C20H17Cl3N4O5/c1-2-3-6-32-16-5-4-11(7-15(16)27(30)31)20(29)24-17-10-18(28)26(25-17)19-13(22)8-12(21)9-14(19)23/h4-5,7-9H,2-3,6,10H2,1H3,(H,24,25,29). The molecule has 12 heteroatoms. The lowest BCUT2D eigenvalue weighted by atomic mass is 10.1. The number of carbonyl (C=O) groups excluding carboxylic acids is 2. The number of nitro groups is 1. The number of halogens is 3. The molecular weight excluding hydrogens is 483 g/mol. The van der Waals surface area contributed by atoms with Gasteiger partial charge in [-0.25, -0.2) is 0 Å². The molecule has 1 aliphatic heterocycles. The summed E-state index contributed by atoms with van der Waals surface area (Å²) in [6.07, 6.45) is 1.39. The van der Waals surface area contributed by atoms with Crippen LogP contribution in [0.1, 0.15) is 36.5 Å². The van der Waals surface area contributed by atoms with Crippen LogP contribution in [-0.2, 0) is 4.79 Å². The molecule has 0 atom stereocenters. The van der Waals surface area contributed by atoms with E-state index in [9.17, 15) is 19.7 Å². The van der Waals surface area contributed by atoms with Crippen LogP contribution in [-0.4, -0.2) is 29.2 Å². The van der Waals surface area contributed by atoms with E-state index in [4.69, 9.17) is 39.5 Å². The van der Waals surface area contributed by atoms with E-state index in [1.165, 1.54) is 24.3 Å². The number of hydrogen-bond donors (Lipinski definition) is 1. The molecule has 0 aliphatic carbocycles. The number of nitrogens with zero attached hydrogens (tertiary/aromatic N) is 3. The largest absolute Gasteiger partial charge is 0.487 e. The SMILES string of the molecule is CCCCOc1ccc(C(=O)NC2=NN(c3c(Cl)cc(Cl)cc3Cl)C(=O)C2)cc1[N+](=O)[O-]. The monoisotopic (exact) mass is 498 g/mol. The first kappa shape index (κ1) is 23.8. The number of nitrogens with one attached hydrogen (secondary N) is 1. The van der Waals surface area contributed by atoms with Crippen molar-refractivity contribution in [2.45, 2.75) is 26.2 Å². The Hall–Kier alpha value is -2.88. The third-order valence-corrected chi connectivity index (χ3v) is 5.19. The van der Waals surface area contributed by atoms with Crippen LogP contribution in [0.15, 0.2) is 35.4 Å². The topological polar surface area (TPSA) is 114 Å². The zero-order valence-electron chi connectivity index (χ0n) is 16.7. The van der Waals surface area contributed by atoms with Gasteiger partial charge >= 0.3 is 5.69 Å². The van der Waals surface area contributed by atoms with Gasteiger partial charge in [0.2, 0.25) is 0 Å². The Morgan fingerprint density at radius 1 is 1.25 bits per heavy atom. The maximum absolute atomic E-state index is 12.6. The Labute approximate surface area is 198 Å². The van der Waals surface area contributed by atoms with E-state index in [-0.39, 0.29) is 50.0 Å². The molecule has 32 heavy (non-hydrogen) atoms. The van der Waals surface area contributed by atoms with Gasteiger partial charge in [0.25, 0.3) is 11.8 Å². The smallest absolute Gasteiger partial charge is 0.311 e. The summed E-state index contributed by atoms with van der Waals surface area (Å²) >= 11 is 18.2. The van der Waals surface area contributed by atoms with Crippen molar-refractivity contribution in [2.24, 2.45) is 5.10 Å². The van der Waals surface area contributed by atoms with Crippen LogP contribution < -0.4 is 15.1 Å². The van der Waals surface area contributed by atoms with E-state index in [1.54, 1.807) is 0 Å². The Morgan fingerprint density at radius 3 is 2.56 bits per heavy atom. The molecule has 2 amide bonds. The Bertz CT molecular complexity index is 1100. The first-order valence-corrected chi connectivity index (χ1v) is 10.6. The molecule has 0 spiro atoms. The van der Waals surface area contributed by atoms with Crippen LogP contribution in [0.25, 0.3) is 0 Å². The van der Waals surface area contributed by atoms with Crippen molar-refractivity contribution < 1.29 is 19.2 Å². The van der Waals surface area contributed by atoms with Crippen molar-refractivity contribution in [3.8, 4) is 5.75 Å². The summed E-state index contributed by atoms with van der Waals surface area (Å²) in [4.78, 5) is 35.8. The van der Waals surface area contributed by atoms with Gasteiger partial charge in [0, 0.05) is 16.7 Å². The average molecular weight is 500 g/mol. The zero-order valence-corrected chi connectivity index (χ0v) is 19.0. The molecule has 0 saturated heterocycles. The maximum atomic E-state index is 12.6. The molecule has 3 rings (SSSR count). The van der Waals surface area contributed by atoms with E-state index >= 15 is 0 Å². The number of nitro benzene ring substituents is 1. The molecule has 2 aromatic carbocycles. The van der Waals surface area contributed by atoms with E-state index in [0.29, 0.717) is 6.61 Å². The minimum Gasteiger partial charge on any atom is -0.487 e. The van der Waals surface area contributed by atoms with E-state index in [0.717, 1.165) is 23.9 Å². The van der Waals surface area contributed by atoms with Crippen LogP contribution in [0.4, 0.5) is 11.4 Å². The van der Waals surface area contributed by atoms with Crippen LogP contribution in [0.2, 0.25) is 15.1 Å². The quantitative estimate of drug-likeness (QED) is 0.319. The molecule has 1 heterocycles. The molecule has 0 fully saturated rings. The van der Waals surface area contributed by atoms with E-state index < -0.39 is 16.7 Å². The summed E-state index contributed by atoms with van der Waals surface area (Å²) < 4.78 is 5.43. The van der Waals surface area contributed by atoms with Crippen molar-refractivity contribution in [3.05, 3.63) is 61.1 Å². The van der Waals surface area contributed by atoms with Gasteiger partial charge in [-0.2, -0.15) is 10.1 Å². The minimum atomic E-state index is -0.671. The number of hydrogen-bond acceptors (Lipinski definition) is 6. The van der Waals surface area contributed by atoms with Gasteiger partial charge in [0.05, 0.1) is 28.0 Å². The summed E-state index contributed by atoms with van der Waals surface area (Å²) in [5.74, 6) is -1.04. The third kappa shape index (κ3) is 5.29. The minimum absolute atomic E-state index is 0.00991. The van der Waals surface area contributed by atoms with Crippen LogP contribution in [0.5, 0.6) is 5.75 Å². The predicted octanol–water partition coefficient (Wildman–Crippen LogP) is 5.21. The van der Waals surface area contributed by atoms with Crippen molar-refractivity contribution in [2.75, 3.05) is 11.6 Å². The second-order valence-electron chi connectivity index (χ2n) is 6.74. The number of amides is 2. The number of ether oxygens (including phenoxy) is 1. The predicted molar refractivity (Wildman–Crippen MR) is 122 cm³/mol. The van der Waals surface area contributed by atoms with Crippen LogP contribution in [0.3, 0.4) is 0 Å². The molecule has 1 N–H and O–H groups in total. The highest BCUT2D eigenvalue weighted by atomic mass is 35.5. The molecule has 9 nitrogen and oxygen atoms in total. The van der Waals surface area contributed by atoms with E-state index in [1.807, 2.05) is 6.92 Å². The lowest BCUT2D eigenvalue weighted by Gasteiger charge is -2.15. The number of benzene rings is 2. The van der Waals surface area contributed by atoms with Gasteiger partial charge in [-0.05, 0) is 30.7 Å². The molecule has 0 unspecified atom stereocenters. The number of hydrazone groups is 1. The second kappa shape index (κ2) is 10.2. The fourth-order valence-electron chi connectivity index (χ4n) is 2.86. The maximum Gasteiger partial charge on any atom is 0.311 e. The molecule has 1 aliphatic rings. The third-order valence-electron chi connectivity index (χ3n) is 4.40. The Balaban J connectivity index is 1.80. The molecular formula is C20H17Cl3N4O5. The zero-order chi connectivity index (χ0) is 23.4. The van der Waals surface area contributed by atoms with Gasteiger partial charge in [-0.3, -0.25) is 19.7 Å². The fourth-order valence-corrected chi connectivity index (χ4v) is 3.84. The van der Waals surface area contributed by atoms with Crippen LogP contribution in [0, 0.1) is 10.1 Å². The number of unbranched alkanes of at least 4 members (excludes halogenated alkanes) is 1. The molecule has 0 saturated carbocycles. The van der Waals surface area contributed by atoms with Gasteiger partial charge in [-0.1, -0.05) is 48.1 Å². The normalized spacial score (nSPS) is 13.2. The van der Waals surface area contributed by atoms with Crippen molar-refractivity contribution in [1.29, 1.82) is 0 Å². The summed E-state index contributed by atoms with van der Waals surface area (Å²) in [6, 6.07) is 6.69. The lowest BCUT2D eigenvalue weighted by molar-refractivity contribution is -0.385. The molecule has 0 radical (unpaired) electrons. The van der Waals surface area contributed by atoms with Crippen molar-refractivity contribution in [1.82, 2.24) is 5.32 Å². The summed E-state index contributed by atoms with van der Waals surface area (Å²) in [5.41, 5.74) is -0.188. The first-order valence-electron chi connectivity index (χ1n) is 9.48.